The Bertz CT molecular complexity index is 1450. The van der Waals surface area contributed by atoms with E-state index in [1.165, 1.54) is 0 Å². The topological polar surface area (TPSA) is 52.8 Å². The Morgan fingerprint density at radius 3 is 2.12 bits per heavy atom. The van der Waals surface area contributed by atoms with Crippen LogP contribution in [0.15, 0.2) is 95.7 Å². The second kappa shape index (κ2) is 8.26. The van der Waals surface area contributed by atoms with Gasteiger partial charge in [-0.05, 0) is 82.1 Å². The lowest BCUT2D eigenvalue weighted by Gasteiger charge is -2.29. The van der Waals surface area contributed by atoms with Gasteiger partial charge < -0.3 is 5.32 Å². The molecule has 4 heterocycles. The van der Waals surface area contributed by atoms with Crippen LogP contribution in [0.3, 0.4) is 0 Å². The van der Waals surface area contributed by atoms with Crippen LogP contribution in [0, 0.1) is 0 Å². The Balaban J connectivity index is 1.65. The van der Waals surface area contributed by atoms with Gasteiger partial charge in [-0.1, -0.05) is 40.2 Å². The fourth-order valence-corrected chi connectivity index (χ4v) is 4.61. The summed E-state index contributed by atoms with van der Waals surface area (Å²) in [6, 6.07) is 24.6. The summed E-state index contributed by atoms with van der Waals surface area (Å²) in [5.41, 5.74) is 7.66. The molecule has 1 aliphatic heterocycles. The number of halogens is 1. The summed E-state index contributed by atoms with van der Waals surface area (Å²) in [5.74, 6) is 0. The van der Waals surface area contributed by atoms with Gasteiger partial charge in [-0.3, -0.25) is 9.97 Å². The van der Waals surface area contributed by atoms with Gasteiger partial charge in [0.2, 0.25) is 0 Å². The van der Waals surface area contributed by atoms with Gasteiger partial charge in [0.05, 0.1) is 22.8 Å². The second-order valence-corrected chi connectivity index (χ2v) is 8.77. The van der Waals surface area contributed by atoms with E-state index < -0.39 is 0 Å². The van der Waals surface area contributed by atoms with Crippen molar-refractivity contribution in [3.05, 3.63) is 107 Å². The fraction of sp³-hybridized carbons (Fsp3) is 0.0357. The van der Waals surface area contributed by atoms with E-state index in [-0.39, 0.29) is 0 Å². The molecule has 0 spiro atoms. The molecule has 0 unspecified atom stereocenters. The van der Waals surface area contributed by atoms with Crippen molar-refractivity contribution in [2.75, 3.05) is 6.54 Å². The molecule has 0 saturated carbocycles. The molecule has 0 radical (unpaired) electrons. The monoisotopic (exact) mass is 489 g/mol. The van der Waals surface area contributed by atoms with Gasteiger partial charge in [0.1, 0.15) is 0 Å². The minimum atomic E-state index is 0.705. The number of fused-ring (bicyclic) bond motifs is 3. The average molecular weight is 490 g/mol. The van der Waals surface area contributed by atoms with Crippen molar-refractivity contribution in [1.82, 2.24) is 15.0 Å². The highest BCUT2D eigenvalue weighted by Crippen LogP contribution is 2.43. The summed E-state index contributed by atoms with van der Waals surface area (Å²) in [7, 11) is 0. The average Bonchev–Trinajstić information content (AvgIpc) is 2.89. The van der Waals surface area contributed by atoms with Gasteiger partial charge in [-0.2, -0.15) is 0 Å². The molecule has 5 heteroatoms. The first-order valence-electron chi connectivity index (χ1n) is 10.7. The molecular weight excluding hydrogens is 472 g/mol. The van der Waals surface area contributed by atoms with E-state index in [9.17, 15) is 0 Å². The molecule has 2 aromatic carbocycles. The lowest BCUT2D eigenvalue weighted by molar-refractivity contribution is 1.22. The molecule has 0 saturated heterocycles. The maximum absolute atomic E-state index is 4.92. The van der Waals surface area contributed by atoms with Crippen molar-refractivity contribution in [2.24, 2.45) is 0 Å². The van der Waals surface area contributed by atoms with Crippen LogP contribution in [0.25, 0.3) is 56.1 Å². The Hall–Kier alpha value is -3.83. The van der Waals surface area contributed by atoms with E-state index in [2.05, 4.69) is 74.4 Å². The third kappa shape index (κ3) is 3.70. The van der Waals surface area contributed by atoms with Gasteiger partial charge >= 0.3 is 0 Å². The molecule has 0 N–H and O–H groups in total. The number of hydrogen-bond acceptors (Lipinski definition) is 3. The number of aromatic nitrogens is 3. The highest BCUT2D eigenvalue weighted by Gasteiger charge is 2.14. The molecule has 0 amide bonds. The minimum absolute atomic E-state index is 0.705. The SMILES string of the molecule is Brc1ccc2c(-c3cc(-c4ccccn4)nc(-c4ccccn4)c3)cc3c(c2c1)[N-]CC=C3. The van der Waals surface area contributed by atoms with Crippen molar-refractivity contribution >= 4 is 38.5 Å². The van der Waals surface area contributed by atoms with Crippen LogP contribution < -0.4 is 0 Å². The lowest BCUT2D eigenvalue weighted by Crippen LogP contribution is -1.96. The minimum Gasteiger partial charge on any atom is -0.680 e. The molecule has 0 bridgehead atoms. The number of rotatable bonds is 3. The van der Waals surface area contributed by atoms with E-state index in [4.69, 9.17) is 10.3 Å². The summed E-state index contributed by atoms with van der Waals surface area (Å²) in [5, 5.41) is 7.08. The summed E-state index contributed by atoms with van der Waals surface area (Å²) >= 11 is 3.64. The Morgan fingerprint density at radius 1 is 0.727 bits per heavy atom. The Labute approximate surface area is 200 Å². The van der Waals surface area contributed by atoms with E-state index in [1.54, 1.807) is 12.4 Å². The predicted octanol–water partition coefficient (Wildman–Crippen LogP) is 7.82. The number of pyridine rings is 3. The van der Waals surface area contributed by atoms with E-state index in [1.807, 2.05) is 36.4 Å². The molecule has 4 nitrogen and oxygen atoms in total. The first-order chi connectivity index (χ1) is 16.3. The maximum Gasteiger partial charge on any atom is 0.0900 e. The smallest absolute Gasteiger partial charge is 0.0900 e. The standard InChI is InChI=1S/C28H18BrN4/c29-20-9-10-21-22(14-18-6-5-13-32-28(18)23(21)17-20)19-15-26(24-7-1-3-11-30-24)33-27(16-19)25-8-2-4-12-31-25/h1-12,14-17H,13H2/q-1. The van der Waals surface area contributed by atoms with Crippen LogP contribution in [0.5, 0.6) is 0 Å². The molecule has 6 rings (SSSR count). The van der Waals surface area contributed by atoms with Crippen LogP contribution in [0.2, 0.25) is 0 Å². The highest BCUT2D eigenvalue weighted by atomic mass is 79.9. The molecule has 0 atom stereocenters. The van der Waals surface area contributed by atoms with Gasteiger partial charge in [0, 0.05) is 16.9 Å². The second-order valence-electron chi connectivity index (χ2n) is 7.85. The van der Waals surface area contributed by atoms with Crippen LogP contribution in [0.1, 0.15) is 5.56 Å². The van der Waals surface area contributed by atoms with Crippen LogP contribution in [0.4, 0.5) is 5.69 Å². The molecule has 0 aliphatic carbocycles. The summed E-state index contributed by atoms with van der Waals surface area (Å²) in [6.07, 6.45) is 7.85. The number of benzene rings is 2. The molecule has 5 aromatic rings. The first kappa shape index (κ1) is 19.8. The number of nitrogens with zero attached hydrogens (tertiary/aromatic N) is 4. The van der Waals surface area contributed by atoms with Crippen molar-refractivity contribution in [3.63, 3.8) is 0 Å². The first-order valence-corrected chi connectivity index (χ1v) is 11.5. The lowest BCUT2D eigenvalue weighted by atomic mass is 9.92. The van der Waals surface area contributed by atoms with E-state index in [0.717, 1.165) is 60.4 Å². The predicted molar refractivity (Wildman–Crippen MR) is 138 cm³/mol. The molecule has 3 aromatic heterocycles. The third-order valence-corrected chi connectivity index (χ3v) is 6.24. The zero-order chi connectivity index (χ0) is 22.2. The molecule has 0 fully saturated rings. The fourth-order valence-electron chi connectivity index (χ4n) is 4.25. The van der Waals surface area contributed by atoms with Crippen molar-refractivity contribution in [2.45, 2.75) is 0 Å². The molecule has 158 valence electrons. The van der Waals surface area contributed by atoms with Crippen LogP contribution in [-0.4, -0.2) is 21.5 Å². The normalized spacial score (nSPS) is 12.4. The molecule has 1 aliphatic rings. The maximum atomic E-state index is 4.92. The van der Waals surface area contributed by atoms with Crippen LogP contribution >= 0.6 is 15.9 Å². The quantitative estimate of drug-likeness (QED) is 0.259. The molecule has 33 heavy (non-hydrogen) atoms. The zero-order valence-electron chi connectivity index (χ0n) is 17.6. The van der Waals surface area contributed by atoms with Gasteiger partial charge in [-0.15, -0.1) is 18.3 Å². The Kier molecular flexibility index (Phi) is 4.96. The van der Waals surface area contributed by atoms with Crippen LogP contribution in [-0.2, 0) is 0 Å². The van der Waals surface area contributed by atoms with Crippen molar-refractivity contribution < 1.29 is 0 Å². The zero-order valence-corrected chi connectivity index (χ0v) is 19.2. The Morgan fingerprint density at radius 2 is 1.45 bits per heavy atom. The van der Waals surface area contributed by atoms with Crippen molar-refractivity contribution in [3.8, 4) is 33.9 Å². The van der Waals surface area contributed by atoms with Gasteiger partial charge in [0.25, 0.3) is 0 Å². The summed E-state index contributed by atoms with van der Waals surface area (Å²) < 4.78 is 1.04. The van der Waals surface area contributed by atoms with Gasteiger partial charge in [-0.25, -0.2) is 4.98 Å². The van der Waals surface area contributed by atoms with E-state index >= 15 is 0 Å². The number of hydrogen-bond donors (Lipinski definition) is 0. The van der Waals surface area contributed by atoms with E-state index in [0.29, 0.717) is 6.54 Å². The summed E-state index contributed by atoms with van der Waals surface area (Å²) in [6.45, 7) is 0.705. The van der Waals surface area contributed by atoms with Crippen molar-refractivity contribution in [1.29, 1.82) is 0 Å². The third-order valence-electron chi connectivity index (χ3n) is 5.74. The van der Waals surface area contributed by atoms with Gasteiger partial charge in [0.15, 0.2) is 0 Å². The summed E-state index contributed by atoms with van der Waals surface area (Å²) in [4.78, 5) is 14.0. The highest BCUT2D eigenvalue weighted by molar-refractivity contribution is 9.10. The largest absolute Gasteiger partial charge is 0.680 e. The molecular formula is C28H18BrN4-.